The van der Waals surface area contributed by atoms with Crippen LogP contribution in [-0.4, -0.2) is 17.2 Å². The average molecular weight is 277 g/mol. The Bertz CT molecular complexity index is 794. The van der Waals surface area contributed by atoms with Gasteiger partial charge in [0, 0.05) is 36.1 Å². The quantitative estimate of drug-likeness (QED) is 0.751. The first-order valence-corrected chi connectivity index (χ1v) is 6.92. The van der Waals surface area contributed by atoms with Crippen LogP contribution in [-0.2, 0) is 6.61 Å². The van der Waals surface area contributed by atoms with Gasteiger partial charge in [0.2, 0.25) is 0 Å². The molecule has 0 saturated carbocycles. The minimum Gasteiger partial charge on any atom is -0.488 e. The van der Waals surface area contributed by atoms with Gasteiger partial charge >= 0.3 is 0 Å². The van der Waals surface area contributed by atoms with Gasteiger partial charge in [-0.3, -0.25) is 5.10 Å². The highest BCUT2D eigenvalue weighted by Gasteiger charge is 2.18. The Balaban J connectivity index is 1.81. The SMILES string of the molecule is CNc1ccc2c(c1)OCc1cc(-c3cn[nH]c3)ccc1-2. The van der Waals surface area contributed by atoms with Gasteiger partial charge in [-0.05, 0) is 34.9 Å². The first-order valence-electron chi connectivity index (χ1n) is 6.92. The second kappa shape index (κ2) is 4.66. The number of hydrogen-bond acceptors (Lipinski definition) is 3. The Labute approximate surface area is 122 Å². The van der Waals surface area contributed by atoms with Gasteiger partial charge in [0.05, 0.1) is 6.20 Å². The Kier molecular flexibility index (Phi) is 2.67. The third-order valence-corrected chi connectivity index (χ3v) is 3.88. The van der Waals surface area contributed by atoms with E-state index in [0.29, 0.717) is 6.61 Å². The number of hydrogen-bond donors (Lipinski definition) is 2. The van der Waals surface area contributed by atoms with Crippen LogP contribution >= 0.6 is 0 Å². The fourth-order valence-electron chi connectivity index (χ4n) is 2.74. The van der Waals surface area contributed by atoms with E-state index in [4.69, 9.17) is 4.74 Å². The van der Waals surface area contributed by atoms with Gasteiger partial charge in [0.15, 0.2) is 0 Å². The van der Waals surface area contributed by atoms with E-state index in [1.165, 1.54) is 11.1 Å². The van der Waals surface area contributed by atoms with Crippen LogP contribution in [0, 0.1) is 0 Å². The molecule has 0 spiro atoms. The number of rotatable bonds is 2. The van der Waals surface area contributed by atoms with Crippen LogP contribution in [0.25, 0.3) is 22.3 Å². The van der Waals surface area contributed by atoms with Crippen LogP contribution in [0.2, 0.25) is 0 Å². The summed E-state index contributed by atoms with van der Waals surface area (Å²) in [5.41, 5.74) is 6.90. The van der Waals surface area contributed by atoms with Gasteiger partial charge in [0.1, 0.15) is 12.4 Å². The summed E-state index contributed by atoms with van der Waals surface area (Å²) in [6.07, 6.45) is 3.73. The van der Waals surface area contributed by atoms with Crippen LogP contribution in [0.5, 0.6) is 5.75 Å². The van der Waals surface area contributed by atoms with Crippen molar-refractivity contribution in [2.24, 2.45) is 0 Å². The summed E-state index contributed by atoms with van der Waals surface area (Å²) >= 11 is 0. The molecule has 1 aliphatic rings. The lowest BCUT2D eigenvalue weighted by atomic mass is 9.94. The summed E-state index contributed by atoms with van der Waals surface area (Å²) in [5, 5.41) is 9.99. The smallest absolute Gasteiger partial charge is 0.129 e. The normalized spacial score (nSPS) is 12.2. The first-order chi connectivity index (χ1) is 10.3. The van der Waals surface area contributed by atoms with Gasteiger partial charge in [-0.1, -0.05) is 12.1 Å². The highest BCUT2D eigenvalue weighted by molar-refractivity contribution is 5.79. The summed E-state index contributed by atoms with van der Waals surface area (Å²) in [5.74, 6) is 0.936. The van der Waals surface area contributed by atoms with Crippen molar-refractivity contribution in [3.8, 4) is 28.0 Å². The molecule has 2 heterocycles. The third-order valence-electron chi connectivity index (χ3n) is 3.88. The molecule has 0 saturated heterocycles. The van der Waals surface area contributed by atoms with Crippen LogP contribution < -0.4 is 10.1 Å². The molecular formula is C17H15N3O. The van der Waals surface area contributed by atoms with E-state index in [1.807, 2.05) is 25.5 Å². The molecule has 0 unspecified atom stereocenters. The molecule has 4 heteroatoms. The number of ether oxygens (including phenoxy) is 1. The molecule has 0 radical (unpaired) electrons. The van der Waals surface area contributed by atoms with Crippen LogP contribution in [0.3, 0.4) is 0 Å². The summed E-state index contributed by atoms with van der Waals surface area (Å²) in [6.45, 7) is 0.598. The van der Waals surface area contributed by atoms with Crippen molar-refractivity contribution in [2.75, 3.05) is 12.4 Å². The molecule has 1 aromatic heterocycles. The van der Waals surface area contributed by atoms with Crippen molar-refractivity contribution in [3.63, 3.8) is 0 Å². The number of aromatic amines is 1. The summed E-state index contributed by atoms with van der Waals surface area (Å²) in [4.78, 5) is 0. The van der Waals surface area contributed by atoms with Crippen molar-refractivity contribution in [2.45, 2.75) is 6.61 Å². The minimum atomic E-state index is 0.598. The monoisotopic (exact) mass is 277 g/mol. The third kappa shape index (κ3) is 1.96. The zero-order valence-corrected chi connectivity index (χ0v) is 11.7. The molecule has 4 nitrogen and oxygen atoms in total. The number of anilines is 1. The topological polar surface area (TPSA) is 49.9 Å². The maximum absolute atomic E-state index is 5.90. The van der Waals surface area contributed by atoms with Crippen LogP contribution in [0.4, 0.5) is 5.69 Å². The van der Waals surface area contributed by atoms with Crippen molar-refractivity contribution >= 4 is 5.69 Å². The first kappa shape index (κ1) is 12.0. The van der Waals surface area contributed by atoms with Gasteiger partial charge in [-0.25, -0.2) is 0 Å². The minimum absolute atomic E-state index is 0.598. The summed E-state index contributed by atoms with van der Waals surface area (Å²) < 4.78 is 5.90. The Hall–Kier alpha value is -2.75. The molecule has 0 bridgehead atoms. The molecule has 3 aromatic rings. The molecule has 0 aliphatic carbocycles. The van der Waals surface area contributed by atoms with E-state index in [1.54, 1.807) is 0 Å². The number of nitrogens with zero attached hydrogens (tertiary/aromatic N) is 1. The predicted molar refractivity (Wildman–Crippen MR) is 83.3 cm³/mol. The maximum Gasteiger partial charge on any atom is 0.129 e. The van der Waals surface area contributed by atoms with Crippen molar-refractivity contribution < 1.29 is 4.74 Å². The number of aromatic nitrogens is 2. The van der Waals surface area contributed by atoms with E-state index in [9.17, 15) is 0 Å². The second-order valence-corrected chi connectivity index (χ2v) is 5.11. The fourth-order valence-corrected chi connectivity index (χ4v) is 2.74. The van der Waals surface area contributed by atoms with Crippen molar-refractivity contribution in [3.05, 3.63) is 54.4 Å². The average Bonchev–Trinajstić information content (AvgIpc) is 3.08. The second-order valence-electron chi connectivity index (χ2n) is 5.11. The van der Waals surface area contributed by atoms with Crippen molar-refractivity contribution in [1.82, 2.24) is 10.2 Å². The molecule has 104 valence electrons. The maximum atomic E-state index is 5.90. The van der Waals surface area contributed by atoms with Crippen molar-refractivity contribution in [1.29, 1.82) is 0 Å². The van der Waals surface area contributed by atoms with Crippen LogP contribution in [0.15, 0.2) is 48.8 Å². The number of nitrogens with one attached hydrogen (secondary N) is 2. The lowest BCUT2D eigenvalue weighted by Gasteiger charge is -2.22. The molecule has 2 aromatic carbocycles. The molecule has 4 rings (SSSR count). The van der Waals surface area contributed by atoms with Gasteiger partial charge in [0.25, 0.3) is 0 Å². The fraction of sp³-hybridized carbons (Fsp3) is 0.118. The zero-order chi connectivity index (χ0) is 14.2. The van der Waals surface area contributed by atoms with Gasteiger partial charge in [-0.15, -0.1) is 0 Å². The Morgan fingerprint density at radius 2 is 2.00 bits per heavy atom. The standard InChI is InChI=1S/C17H15N3O/c1-18-14-3-5-16-15-4-2-11(13-8-19-20-9-13)6-12(15)10-21-17(16)7-14/h2-9,18H,10H2,1H3,(H,19,20). The van der Waals surface area contributed by atoms with E-state index in [-0.39, 0.29) is 0 Å². The molecular weight excluding hydrogens is 262 g/mol. The molecule has 2 N–H and O–H groups in total. The highest BCUT2D eigenvalue weighted by Crippen LogP contribution is 2.40. The molecule has 0 amide bonds. The van der Waals surface area contributed by atoms with E-state index in [2.05, 4.69) is 45.8 Å². The number of H-pyrrole nitrogens is 1. The summed E-state index contributed by atoms with van der Waals surface area (Å²) in [7, 11) is 1.91. The Morgan fingerprint density at radius 1 is 1.10 bits per heavy atom. The lowest BCUT2D eigenvalue weighted by Crippen LogP contribution is -2.06. The molecule has 1 aliphatic heterocycles. The highest BCUT2D eigenvalue weighted by atomic mass is 16.5. The predicted octanol–water partition coefficient (Wildman–Crippen LogP) is 3.68. The summed E-state index contributed by atoms with van der Waals surface area (Å²) in [6, 6.07) is 12.7. The number of benzene rings is 2. The lowest BCUT2D eigenvalue weighted by molar-refractivity contribution is 0.302. The zero-order valence-electron chi connectivity index (χ0n) is 11.7. The van der Waals surface area contributed by atoms with Crippen LogP contribution in [0.1, 0.15) is 5.56 Å². The number of fused-ring (bicyclic) bond motifs is 3. The molecule has 0 atom stereocenters. The van der Waals surface area contributed by atoms with Gasteiger partial charge < -0.3 is 10.1 Å². The Morgan fingerprint density at radius 3 is 2.81 bits per heavy atom. The molecule has 0 fully saturated rings. The van der Waals surface area contributed by atoms with E-state index >= 15 is 0 Å². The molecule has 21 heavy (non-hydrogen) atoms. The van der Waals surface area contributed by atoms with E-state index < -0.39 is 0 Å². The largest absolute Gasteiger partial charge is 0.488 e. The van der Waals surface area contributed by atoms with Gasteiger partial charge in [-0.2, -0.15) is 5.10 Å². The van der Waals surface area contributed by atoms with E-state index in [0.717, 1.165) is 28.1 Å².